The number of halogens is 1. The van der Waals surface area contributed by atoms with Crippen LogP contribution in [0.15, 0.2) is 24.3 Å². The second-order valence-corrected chi connectivity index (χ2v) is 6.82. The predicted molar refractivity (Wildman–Crippen MR) is 84.4 cm³/mol. The molecule has 110 valence electrons. The Bertz CT molecular complexity index is 402. The largest absolute Gasteiger partial charge is 0.381 e. The molecule has 0 bridgehead atoms. The van der Waals surface area contributed by atoms with Gasteiger partial charge in [-0.05, 0) is 48.6 Å². The van der Waals surface area contributed by atoms with Crippen LogP contribution in [0.4, 0.5) is 0 Å². The normalized spacial score (nSPS) is 23.6. The zero-order valence-electron chi connectivity index (χ0n) is 12.2. The van der Waals surface area contributed by atoms with E-state index in [0.717, 1.165) is 32.0 Å². The van der Waals surface area contributed by atoms with Crippen LogP contribution in [0, 0.1) is 5.92 Å². The lowest BCUT2D eigenvalue weighted by atomic mass is 9.83. The lowest BCUT2D eigenvalue weighted by molar-refractivity contribution is 0.0651. The summed E-state index contributed by atoms with van der Waals surface area (Å²) in [5.74, 6) is 1.36. The van der Waals surface area contributed by atoms with Gasteiger partial charge in [0, 0.05) is 13.2 Å². The Kier molecular flexibility index (Phi) is 5.01. The highest BCUT2D eigenvalue weighted by molar-refractivity contribution is 6.21. The van der Waals surface area contributed by atoms with Crippen LogP contribution in [0.2, 0.25) is 0 Å². The van der Waals surface area contributed by atoms with E-state index in [4.69, 9.17) is 16.3 Å². The molecule has 1 atom stereocenters. The van der Waals surface area contributed by atoms with Gasteiger partial charge in [-0.2, -0.15) is 0 Å². The molecular formula is C18H25ClO. The summed E-state index contributed by atoms with van der Waals surface area (Å²) >= 11 is 6.67. The SMILES string of the molecule is ClC(c1ccc(C2CCCCC2)cc1)C1CCOCC1. The highest BCUT2D eigenvalue weighted by Crippen LogP contribution is 2.37. The van der Waals surface area contributed by atoms with Gasteiger partial charge >= 0.3 is 0 Å². The Labute approximate surface area is 127 Å². The third-order valence-corrected chi connectivity index (χ3v) is 5.62. The van der Waals surface area contributed by atoms with Crippen molar-refractivity contribution in [2.24, 2.45) is 5.92 Å². The van der Waals surface area contributed by atoms with Crippen LogP contribution in [-0.4, -0.2) is 13.2 Å². The highest BCUT2D eigenvalue weighted by atomic mass is 35.5. The van der Waals surface area contributed by atoms with Crippen LogP contribution in [-0.2, 0) is 4.74 Å². The molecule has 20 heavy (non-hydrogen) atoms. The number of hydrogen-bond acceptors (Lipinski definition) is 1. The lowest BCUT2D eigenvalue weighted by Gasteiger charge is -2.27. The van der Waals surface area contributed by atoms with E-state index in [1.165, 1.54) is 43.2 Å². The average molecular weight is 293 g/mol. The molecule has 0 N–H and O–H groups in total. The number of hydrogen-bond donors (Lipinski definition) is 0. The summed E-state index contributed by atoms with van der Waals surface area (Å²) < 4.78 is 5.43. The quantitative estimate of drug-likeness (QED) is 0.674. The van der Waals surface area contributed by atoms with E-state index < -0.39 is 0 Å². The molecule has 1 saturated carbocycles. The number of rotatable bonds is 3. The van der Waals surface area contributed by atoms with Gasteiger partial charge in [-0.3, -0.25) is 0 Å². The third kappa shape index (κ3) is 3.38. The number of benzene rings is 1. The zero-order chi connectivity index (χ0) is 13.8. The van der Waals surface area contributed by atoms with Gasteiger partial charge in [0.1, 0.15) is 0 Å². The molecule has 1 aromatic rings. The minimum absolute atomic E-state index is 0.152. The first-order valence-corrected chi connectivity index (χ1v) is 8.60. The summed E-state index contributed by atoms with van der Waals surface area (Å²) in [6, 6.07) is 9.16. The molecule has 1 unspecified atom stereocenters. The van der Waals surface area contributed by atoms with Gasteiger partial charge in [0.05, 0.1) is 5.38 Å². The molecule has 0 aromatic heterocycles. The van der Waals surface area contributed by atoms with Gasteiger partial charge in [0.15, 0.2) is 0 Å². The van der Waals surface area contributed by atoms with Crippen LogP contribution in [0.5, 0.6) is 0 Å². The first kappa shape index (κ1) is 14.4. The molecule has 1 heterocycles. The fraction of sp³-hybridized carbons (Fsp3) is 0.667. The van der Waals surface area contributed by atoms with Crippen LogP contribution in [0.3, 0.4) is 0 Å². The van der Waals surface area contributed by atoms with Crippen molar-refractivity contribution in [2.45, 2.75) is 56.2 Å². The van der Waals surface area contributed by atoms with Crippen molar-refractivity contribution in [1.29, 1.82) is 0 Å². The summed E-state index contributed by atoms with van der Waals surface area (Å²) in [6.45, 7) is 1.74. The summed E-state index contributed by atoms with van der Waals surface area (Å²) in [4.78, 5) is 0. The number of ether oxygens (including phenoxy) is 1. The second kappa shape index (κ2) is 6.95. The van der Waals surface area contributed by atoms with Gasteiger partial charge in [0.2, 0.25) is 0 Å². The first-order chi connectivity index (χ1) is 9.84. The maximum absolute atomic E-state index is 6.67. The molecule has 1 nitrogen and oxygen atoms in total. The summed E-state index contributed by atoms with van der Waals surface area (Å²) in [5, 5.41) is 0.152. The molecular weight excluding hydrogens is 268 g/mol. The maximum Gasteiger partial charge on any atom is 0.0615 e. The third-order valence-electron chi connectivity index (χ3n) is 5.01. The Morgan fingerprint density at radius 3 is 2.20 bits per heavy atom. The topological polar surface area (TPSA) is 9.23 Å². The fourth-order valence-electron chi connectivity index (χ4n) is 3.67. The van der Waals surface area contributed by atoms with E-state index in [2.05, 4.69) is 24.3 Å². The Balaban J connectivity index is 1.65. The maximum atomic E-state index is 6.67. The molecule has 0 amide bonds. The predicted octanol–water partition coefficient (Wildman–Crippen LogP) is 5.44. The van der Waals surface area contributed by atoms with E-state index in [0.29, 0.717) is 5.92 Å². The summed E-state index contributed by atoms with van der Waals surface area (Å²) in [5.41, 5.74) is 2.81. The number of alkyl halides is 1. The van der Waals surface area contributed by atoms with E-state index in [-0.39, 0.29) is 5.38 Å². The van der Waals surface area contributed by atoms with Crippen LogP contribution < -0.4 is 0 Å². The van der Waals surface area contributed by atoms with Crippen molar-refractivity contribution < 1.29 is 4.74 Å². The van der Waals surface area contributed by atoms with E-state index in [1.807, 2.05) is 0 Å². The second-order valence-electron chi connectivity index (χ2n) is 6.35. The Hall–Kier alpha value is -0.530. The van der Waals surface area contributed by atoms with Gasteiger partial charge in [-0.1, -0.05) is 43.5 Å². The molecule has 2 fully saturated rings. The van der Waals surface area contributed by atoms with Crippen molar-refractivity contribution in [3.8, 4) is 0 Å². The first-order valence-electron chi connectivity index (χ1n) is 8.16. The van der Waals surface area contributed by atoms with Gasteiger partial charge in [0.25, 0.3) is 0 Å². The summed E-state index contributed by atoms with van der Waals surface area (Å²) in [6.07, 6.45) is 9.13. The summed E-state index contributed by atoms with van der Waals surface area (Å²) in [7, 11) is 0. The van der Waals surface area contributed by atoms with Crippen molar-refractivity contribution in [1.82, 2.24) is 0 Å². The van der Waals surface area contributed by atoms with Gasteiger partial charge < -0.3 is 4.74 Å². The monoisotopic (exact) mass is 292 g/mol. The smallest absolute Gasteiger partial charge is 0.0615 e. The van der Waals surface area contributed by atoms with Crippen molar-refractivity contribution in [3.63, 3.8) is 0 Å². The van der Waals surface area contributed by atoms with E-state index in [9.17, 15) is 0 Å². The molecule has 1 aliphatic carbocycles. The van der Waals surface area contributed by atoms with Crippen molar-refractivity contribution in [2.75, 3.05) is 13.2 Å². The van der Waals surface area contributed by atoms with Gasteiger partial charge in [-0.25, -0.2) is 0 Å². The Morgan fingerprint density at radius 1 is 0.900 bits per heavy atom. The molecule has 1 saturated heterocycles. The molecule has 3 rings (SSSR count). The molecule has 2 aliphatic rings. The van der Waals surface area contributed by atoms with Crippen LogP contribution >= 0.6 is 11.6 Å². The molecule has 0 radical (unpaired) electrons. The highest BCUT2D eigenvalue weighted by Gasteiger charge is 2.24. The van der Waals surface area contributed by atoms with Gasteiger partial charge in [-0.15, -0.1) is 11.6 Å². The fourth-order valence-corrected chi connectivity index (χ4v) is 4.07. The zero-order valence-corrected chi connectivity index (χ0v) is 12.9. The van der Waals surface area contributed by atoms with Crippen molar-refractivity contribution in [3.05, 3.63) is 35.4 Å². The minimum atomic E-state index is 0.152. The molecule has 2 heteroatoms. The molecule has 0 spiro atoms. The van der Waals surface area contributed by atoms with Crippen LogP contribution in [0.25, 0.3) is 0 Å². The standard InChI is InChI=1S/C18H25ClO/c19-18(17-10-12-20-13-11-17)16-8-6-15(7-9-16)14-4-2-1-3-5-14/h6-9,14,17-18H,1-5,10-13H2. The average Bonchev–Trinajstić information content (AvgIpc) is 2.56. The van der Waals surface area contributed by atoms with E-state index >= 15 is 0 Å². The lowest BCUT2D eigenvalue weighted by Crippen LogP contribution is -2.19. The minimum Gasteiger partial charge on any atom is -0.381 e. The van der Waals surface area contributed by atoms with Crippen molar-refractivity contribution >= 4 is 11.6 Å². The van der Waals surface area contributed by atoms with E-state index in [1.54, 1.807) is 0 Å². The molecule has 1 aliphatic heterocycles. The van der Waals surface area contributed by atoms with Crippen LogP contribution in [0.1, 0.15) is 67.4 Å². The molecule has 1 aromatic carbocycles. The Morgan fingerprint density at radius 2 is 1.55 bits per heavy atom.